The van der Waals surface area contributed by atoms with Gasteiger partial charge < -0.3 is 16.2 Å². The first-order chi connectivity index (χ1) is 10.2. The first kappa shape index (κ1) is 14.1. The van der Waals surface area contributed by atoms with Crippen LogP contribution < -0.4 is 11.1 Å². The number of anilines is 1. The molecular weight excluding hydrogens is 262 g/mol. The van der Waals surface area contributed by atoms with Gasteiger partial charge in [0, 0.05) is 18.1 Å². The molecule has 0 aliphatic heterocycles. The summed E-state index contributed by atoms with van der Waals surface area (Å²) in [5, 5.41) is 15.2. The molecule has 1 aromatic heterocycles. The molecule has 4 N–H and O–H groups in total. The first-order valence-corrected chi connectivity index (χ1v) is 7.74. The largest absolute Gasteiger partial charge is 0.508 e. The van der Waals surface area contributed by atoms with E-state index >= 15 is 0 Å². The second-order valence-corrected chi connectivity index (χ2v) is 6.18. The van der Waals surface area contributed by atoms with E-state index in [1.807, 2.05) is 12.1 Å². The number of hydrogen-bond donors (Lipinski definition) is 3. The Hall–Kier alpha value is -1.81. The van der Waals surface area contributed by atoms with Crippen LogP contribution in [0.4, 0.5) is 5.82 Å². The summed E-state index contributed by atoms with van der Waals surface area (Å²) >= 11 is 0. The number of fused-ring (bicyclic) bond motifs is 1. The van der Waals surface area contributed by atoms with Crippen LogP contribution in [-0.2, 0) is 0 Å². The van der Waals surface area contributed by atoms with E-state index in [1.165, 1.54) is 32.1 Å². The highest BCUT2D eigenvalue weighted by Crippen LogP contribution is 2.36. The summed E-state index contributed by atoms with van der Waals surface area (Å²) in [6.07, 6.45) is 8.03. The summed E-state index contributed by atoms with van der Waals surface area (Å²) in [6.45, 7) is 1.57. The lowest BCUT2D eigenvalue weighted by Gasteiger charge is -2.36. The van der Waals surface area contributed by atoms with E-state index in [0.29, 0.717) is 0 Å². The molecule has 0 spiro atoms. The van der Waals surface area contributed by atoms with Crippen molar-refractivity contribution in [3.63, 3.8) is 0 Å². The van der Waals surface area contributed by atoms with E-state index in [0.717, 1.165) is 29.7 Å². The molecule has 112 valence electrons. The fourth-order valence-corrected chi connectivity index (χ4v) is 3.32. The summed E-state index contributed by atoms with van der Waals surface area (Å²) in [7, 11) is 0. The Kier molecular flexibility index (Phi) is 3.97. The van der Waals surface area contributed by atoms with E-state index in [9.17, 15) is 5.11 Å². The summed E-state index contributed by atoms with van der Waals surface area (Å²) in [6, 6.07) is 7.34. The number of phenols is 1. The monoisotopic (exact) mass is 285 g/mol. The topological polar surface area (TPSA) is 71.2 Å². The number of nitrogens with one attached hydrogen (secondary N) is 1. The molecule has 1 fully saturated rings. The van der Waals surface area contributed by atoms with Crippen LogP contribution >= 0.6 is 0 Å². The maximum atomic E-state index is 9.69. The second kappa shape index (κ2) is 5.90. The van der Waals surface area contributed by atoms with Crippen molar-refractivity contribution in [1.29, 1.82) is 0 Å². The highest BCUT2D eigenvalue weighted by Gasteiger charge is 2.30. The number of benzene rings is 1. The van der Waals surface area contributed by atoms with Gasteiger partial charge in [-0.05, 0) is 48.4 Å². The minimum Gasteiger partial charge on any atom is -0.508 e. The summed E-state index contributed by atoms with van der Waals surface area (Å²) in [5.41, 5.74) is 6.23. The third-order valence-corrected chi connectivity index (χ3v) is 4.73. The summed E-state index contributed by atoms with van der Waals surface area (Å²) in [4.78, 5) is 4.43. The normalized spacial score (nSPS) is 17.8. The fraction of sp³-hybridized carbons (Fsp3) is 0.471. The van der Waals surface area contributed by atoms with Crippen molar-refractivity contribution in [3.05, 3.63) is 30.5 Å². The molecule has 0 radical (unpaired) electrons. The average molecular weight is 285 g/mol. The zero-order valence-electron chi connectivity index (χ0n) is 12.3. The Morgan fingerprint density at radius 3 is 2.76 bits per heavy atom. The van der Waals surface area contributed by atoms with Gasteiger partial charge in [0.15, 0.2) is 0 Å². The van der Waals surface area contributed by atoms with Gasteiger partial charge in [0.25, 0.3) is 0 Å². The van der Waals surface area contributed by atoms with Crippen molar-refractivity contribution in [1.82, 2.24) is 4.98 Å². The highest BCUT2D eigenvalue weighted by molar-refractivity contribution is 5.92. The minimum absolute atomic E-state index is 0.193. The minimum atomic E-state index is 0.193. The number of pyridine rings is 1. The zero-order valence-corrected chi connectivity index (χ0v) is 12.3. The molecule has 1 heterocycles. The molecule has 0 bridgehead atoms. The Labute approximate surface area is 125 Å². The molecule has 0 unspecified atom stereocenters. The smallest absolute Gasteiger partial charge is 0.133 e. The molecule has 1 aliphatic carbocycles. The molecular formula is C17H23N3O. The molecule has 1 aromatic carbocycles. The van der Waals surface area contributed by atoms with E-state index in [2.05, 4.69) is 10.3 Å². The van der Waals surface area contributed by atoms with Crippen LogP contribution in [0.5, 0.6) is 5.75 Å². The Bertz CT molecular complexity index is 620. The van der Waals surface area contributed by atoms with Gasteiger partial charge in [0.1, 0.15) is 11.6 Å². The maximum Gasteiger partial charge on any atom is 0.133 e. The quantitative estimate of drug-likeness (QED) is 0.806. The number of nitrogens with zero attached hydrogens (tertiary/aromatic N) is 1. The van der Waals surface area contributed by atoms with Crippen LogP contribution in [0, 0.1) is 5.41 Å². The molecule has 4 heteroatoms. The highest BCUT2D eigenvalue weighted by atomic mass is 16.3. The van der Waals surface area contributed by atoms with Crippen LogP contribution in [0.15, 0.2) is 30.5 Å². The first-order valence-electron chi connectivity index (χ1n) is 7.74. The van der Waals surface area contributed by atoms with Crippen LogP contribution in [0.3, 0.4) is 0 Å². The predicted octanol–water partition coefficient (Wildman–Crippen LogP) is 3.26. The Morgan fingerprint density at radius 1 is 1.19 bits per heavy atom. The average Bonchev–Trinajstić information content (AvgIpc) is 2.54. The van der Waals surface area contributed by atoms with E-state index in [1.54, 1.807) is 18.3 Å². The molecule has 0 atom stereocenters. The lowest BCUT2D eigenvalue weighted by molar-refractivity contribution is 0.215. The van der Waals surface area contributed by atoms with Gasteiger partial charge in [-0.25, -0.2) is 4.98 Å². The molecule has 21 heavy (non-hydrogen) atoms. The zero-order chi connectivity index (χ0) is 14.7. The molecule has 3 rings (SSSR count). The maximum absolute atomic E-state index is 9.69. The van der Waals surface area contributed by atoms with E-state index in [-0.39, 0.29) is 11.2 Å². The van der Waals surface area contributed by atoms with Crippen molar-refractivity contribution >= 4 is 16.6 Å². The third-order valence-electron chi connectivity index (χ3n) is 4.73. The lowest BCUT2D eigenvalue weighted by atomic mass is 9.74. The van der Waals surface area contributed by atoms with Gasteiger partial charge >= 0.3 is 0 Å². The number of hydrogen-bond acceptors (Lipinski definition) is 4. The fourth-order valence-electron chi connectivity index (χ4n) is 3.32. The number of aromatic nitrogens is 1. The molecule has 1 saturated carbocycles. The van der Waals surface area contributed by atoms with Gasteiger partial charge in [-0.2, -0.15) is 0 Å². The molecule has 2 aromatic rings. The van der Waals surface area contributed by atoms with Crippen molar-refractivity contribution in [2.75, 3.05) is 18.4 Å². The van der Waals surface area contributed by atoms with Crippen molar-refractivity contribution in [2.24, 2.45) is 11.1 Å². The number of aromatic hydroxyl groups is 1. The van der Waals surface area contributed by atoms with Crippen LogP contribution in [-0.4, -0.2) is 23.2 Å². The summed E-state index contributed by atoms with van der Waals surface area (Å²) in [5.74, 6) is 1.10. The van der Waals surface area contributed by atoms with Crippen molar-refractivity contribution < 1.29 is 5.11 Å². The predicted molar refractivity (Wildman–Crippen MR) is 86.5 cm³/mol. The van der Waals surface area contributed by atoms with E-state index in [4.69, 9.17) is 5.73 Å². The van der Waals surface area contributed by atoms with Crippen LogP contribution in [0.25, 0.3) is 10.8 Å². The third kappa shape index (κ3) is 2.95. The number of phenolic OH excluding ortho intramolecular Hbond substituents is 1. The van der Waals surface area contributed by atoms with Gasteiger partial charge in [-0.3, -0.25) is 0 Å². The Morgan fingerprint density at radius 2 is 2.00 bits per heavy atom. The lowest BCUT2D eigenvalue weighted by Crippen LogP contribution is -2.39. The Balaban J connectivity index is 1.83. The molecule has 4 nitrogen and oxygen atoms in total. The van der Waals surface area contributed by atoms with Gasteiger partial charge in [0.2, 0.25) is 0 Å². The van der Waals surface area contributed by atoms with Gasteiger partial charge in [-0.15, -0.1) is 0 Å². The van der Waals surface area contributed by atoms with Crippen LogP contribution in [0.1, 0.15) is 32.1 Å². The van der Waals surface area contributed by atoms with Gasteiger partial charge in [0.05, 0.1) is 0 Å². The SMILES string of the molecule is NCC1(CNc2nccc3ccc(O)cc23)CCCCC1. The number of rotatable bonds is 4. The number of nitrogens with two attached hydrogens (primary N) is 1. The molecule has 1 aliphatic rings. The molecule has 0 amide bonds. The van der Waals surface area contributed by atoms with Crippen LogP contribution in [0.2, 0.25) is 0 Å². The molecule has 0 saturated heterocycles. The van der Waals surface area contributed by atoms with Crippen molar-refractivity contribution in [2.45, 2.75) is 32.1 Å². The standard InChI is InChI=1S/C17H23N3O/c18-11-17(7-2-1-3-8-17)12-20-16-15-10-14(21)5-4-13(15)6-9-19-16/h4-6,9-10,21H,1-3,7-8,11-12,18H2,(H,19,20). The van der Waals surface area contributed by atoms with Gasteiger partial charge in [-0.1, -0.05) is 25.3 Å². The summed E-state index contributed by atoms with van der Waals surface area (Å²) < 4.78 is 0. The second-order valence-electron chi connectivity index (χ2n) is 6.18. The van der Waals surface area contributed by atoms with Crippen molar-refractivity contribution in [3.8, 4) is 5.75 Å². The van der Waals surface area contributed by atoms with E-state index < -0.39 is 0 Å².